The van der Waals surface area contributed by atoms with E-state index in [1.54, 1.807) is 26.0 Å². The number of imide groups is 1. The number of phosphoric ester groups is 1. The SMILES string of the molecule is CCOP(=O)(OCC)OC1=C2CCC[C@@H]2[C@@H]2C(=O)N(c3ccccc3)C(=O)[C@@H]2[C@@H]1[Se]CC. The predicted octanol–water partition coefficient (Wildman–Crippen LogP) is 4.99. The molecule has 2 amide bonds. The van der Waals surface area contributed by atoms with Gasteiger partial charge in [0.25, 0.3) is 0 Å². The first kappa shape index (κ1) is 23.7. The van der Waals surface area contributed by atoms with Gasteiger partial charge in [-0.2, -0.15) is 0 Å². The van der Waals surface area contributed by atoms with Gasteiger partial charge >= 0.3 is 196 Å². The van der Waals surface area contributed by atoms with Crippen LogP contribution in [0.1, 0.15) is 40.0 Å². The van der Waals surface area contributed by atoms with Crippen LogP contribution in [0.5, 0.6) is 0 Å². The normalized spacial score (nSPS) is 27.7. The van der Waals surface area contributed by atoms with Gasteiger partial charge in [-0.25, -0.2) is 0 Å². The predicted molar refractivity (Wildman–Crippen MR) is 122 cm³/mol. The fraction of sp³-hybridized carbons (Fsp3) is 0.565. The van der Waals surface area contributed by atoms with Crippen molar-refractivity contribution < 1.29 is 27.7 Å². The number of carbonyl (C=O) groups is 2. The van der Waals surface area contributed by atoms with Gasteiger partial charge in [-0.05, 0) is 0 Å². The molecular formula is C23H30NO6PSe. The van der Waals surface area contributed by atoms with Gasteiger partial charge in [0.15, 0.2) is 0 Å². The molecule has 0 unspecified atom stereocenters. The molecule has 2 fully saturated rings. The Morgan fingerprint density at radius 2 is 1.69 bits per heavy atom. The molecule has 0 spiro atoms. The average Bonchev–Trinajstić information content (AvgIpc) is 3.34. The van der Waals surface area contributed by atoms with E-state index in [1.807, 2.05) is 18.2 Å². The van der Waals surface area contributed by atoms with E-state index in [0.717, 1.165) is 30.2 Å². The molecule has 9 heteroatoms. The monoisotopic (exact) mass is 527 g/mol. The van der Waals surface area contributed by atoms with Gasteiger partial charge in [-0.1, -0.05) is 0 Å². The van der Waals surface area contributed by atoms with Crippen LogP contribution in [-0.2, 0) is 27.7 Å². The first-order valence-corrected chi connectivity index (χ1v) is 15.0. The van der Waals surface area contributed by atoms with Crippen molar-refractivity contribution in [2.24, 2.45) is 17.8 Å². The van der Waals surface area contributed by atoms with E-state index in [9.17, 15) is 14.2 Å². The summed E-state index contributed by atoms with van der Waals surface area (Å²) in [4.78, 5) is 28.4. The van der Waals surface area contributed by atoms with Crippen molar-refractivity contribution in [1.82, 2.24) is 0 Å². The van der Waals surface area contributed by atoms with E-state index >= 15 is 0 Å². The Labute approximate surface area is 195 Å². The van der Waals surface area contributed by atoms with Crippen LogP contribution in [0.4, 0.5) is 5.69 Å². The molecule has 1 aromatic carbocycles. The Bertz CT molecular complexity index is 941. The minimum absolute atomic E-state index is 0.00922. The molecular weight excluding hydrogens is 496 g/mol. The van der Waals surface area contributed by atoms with E-state index in [0.29, 0.717) is 11.4 Å². The van der Waals surface area contributed by atoms with Crippen molar-refractivity contribution in [3.8, 4) is 0 Å². The molecule has 32 heavy (non-hydrogen) atoms. The molecule has 0 bridgehead atoms. The molecule has 4 rings (SSSR count). The molecule has 1 saturated heterocycles. The Morgan fingerprint density at radius 1 is 1.03 bits per heavy atom. The second-order valence-electron chi connectivity index (χ2n) is 8.04. The van der Waals surface area contributed by atoms with Gasteiger partial charge in [0.2, 0.25) is 0 Å². The number of benzene rings is 1. The van der Waals surface area contributed by atoms with Crippen LogP contribution in [0.25, 0.3) is 0 Å². The van der Waals surface area contributed by atoms with Gasteiger partial charge < -0.3 is 0 Å². The third kappa shape index (κ3) is 4.12. The number of rotatable bonds is 9. The molecule has 0 aromatic heterocycles. The summed E-state index contributed by atoms with van der Waals surface area (Å²) in [6, 6.07) is 9.13. The number of hydrogen-bond donors (Lipinski definition) is 0. The fourth-order valence-corrected chi connectivity index (χ4v) is 9.17. The number of nitrogens with zero attached hydrogens (tertiary/aromatic N) is 1. The zero-order valence-electron chi connectivity index (χ0n) is 18.7. The molecule has 2 aliphatic carbocycles. The zero-order chi connectivity index (χ0) is 22.9. The van der Waals surface area contributed by atoms with Gasteiger partial charge in [-0.3, -0.25) is 0 Å². The van der Waals surface area contributed by atoms with E-state index in [1.165, 1.54) is 4.90 Å². The summed E-state index contributed by atoms with van der Waals surface area (Å²) in [5.74, 6) is -0.658. The molecule has 7 nitrogen and oxygen atoms in total. The van der Waals surface area contributed by atoms with Crippen LogP contribution in [0.2, 0.25) is 10.1 Å². The Kier molecular flexibility index (Phi) is 7.28. The van der Waals surface area contributed by atoms with E-state index in [4.69, 9.17) is 13.6 Å². The van der Waals surface area contributed by atoms with Crippen LogP contribution in [-0.4, -0.2) is 40.0 Å². The number of anilines is 1. The first-order chi connectivity index (χ1) is 15.5. The Hall–Kier alpha value is -1.43. The van der Waals surface area contributed by atoms with Gasteiger partial charge in [0.1, 0.15) is 0 Å². The number of allylic oxidation sites excluding steroid dienone is 2. The topological polar surface area (TPSA) is 82.1 Å². The van der Waals surface area contributed by atoms with Crippen molar-refractivity contribution in [3.05, 3.63) is 41.7 Å². The Morgan fingerprint density at radius 3 is 2.31 bits per heavy atom. The van der Waals surface area contributed by atoms with Gasteiger partial charge in [-0.15, -0.1) is 0 Å². The molecule has 0 radical (unpaired) electrons. The van der Waals surface area contributed by atoms with Crippen LogP contribution < -0.4 is 4.90 Å². The number of carbonyl (C=O) groups excluding carboxylic acids is 2. The van der Waals surface area contributed by atoms with Crippen LogP contribution in [0.3, 0.4) is 0 Å². The minimum atomic E-state index is -3.80. The number of amides is 2. The second-order valence-corrected chi connectivity index (χ2v) is 12.6. The van der Waals surface area contributed by atoms with Gasteiger partial charge in [0, 0.05) is 0 Å². The van der Waals surface area contributed by atoms with Crippen molar-refractivity contribution in [3.63, 3.8) is 0 Å². The quantitative estimate of drug-likeness (QED) is 0.256. The van der Waals surface area contributed by atoms with Crippen LogP contribution >= 0.6 is 7.82 Å². The molecule has 1 aromatic rings. The Balaban J connectivity index is 1.77. The standard InChI is InChI=1S/C23H30NO6PSe/c1-4-28-31(27,29-5-2)30-20-17-14-10-13-16(17)18-19(21(20)32-6-3)23(26)24(22(18)25)15-11-8-7-9-12-15/h7-9,11-12,16,18-19,21H,4-6,10,13-14H2,1-3H3/t16-,18-,19-,21-/m0/s1. The van der Waals surface area contributed by atoms with Crippen molar-refractivity contribution in [2.45, 2.75) is 50.2 Å². The summed E-state index contributed by atoms with van der Waals surface area (Å²) in [6.07, 6.45) is 2.53. The molecule has 4 atom stereocenters. The number of phosphoric acid groups is 1. The van der Waals surface area contributed by atoms with E-state index in [2.05, 4.69) is 6.92 Å². The molecule has 1 aliphatic heterocycles. The van der Waals surface area contributed by atoms with Crippen LogP contribution in [0, 0.1) is 17.8 Å². The zero-order valence-corrected chi connectivity index (χ0v) is 21.3. The fourth-order valence-electron chi connectivity index (χ4n) is 5.20. The summed E-state index contributed by atoms with van der Waals surface area (Å²) in [7, 11) is -3.80. The molecule has 0 N–H and O–H groups in total. The van der Waals surface area contributed by atoms with Crippen LogP contribution in [0.15, 0.2) is 41.7 Å². The molecule has 1 heterocycles. The maximum absolute atomic E-state index is 13.7. The average molecular weight is 526 g/mol. The maximum atomic E-state index is 13.7. The van der Waals surface area contributed by atoms with Crippen molar-refractivity contribution in [1.29, 1.82) is 0 Å². The van der Waals surface area contributed by atoms with Gasteiger partial charge in [0.05, 0.1) is 0 Å². The third-order valence-corrected chi connectivity index (χ3v) is 10.4. The summed E-state index contributed by atoms with van der Waals surface area (Å²) >= 11 is -0.00922. The third-order valence-electron chi connectivity index (χ3n) is 6.29. The summed E-state index contributed by atoms with van der Waals surface area (Å²) < 4.78 is 30.2. The number of fused-ring (bicyclic) bond motifs is 3. The number of hydrogen-bond acceptors (Lipinski definition) is 6. The summed E-state index contributed by atoms with van der Waals surface area (Å²) in [5.41, 5.74) is 1.64. The summed E-state index contributed by atoms with van der Waals surface area (Å²) in [5, 5.41) is 0.867. The van der Waals surface area contributed by atoms with E-state index in [-0.39, 0.29) is 56.6 Å². The second kappa shape index (κ2) is 9.82. The molecule has 1 saturated carbocycles. The van der Waals surface area contributed by atoms with Crippen molar-refractivity contribution in [2.75, 3.05) is 18.1 Å². The molecule has 174 valence electrons. The van der Waals surface area contributed by atoms with Crippen molar-refractivity contribution >= 4 is 40.3 Å². The number of para-hydroxylation sites is 1. The first-order valence-electron chi connectivity index (χ1n) is 11.3. The summed E-state index contributed by atoms with van der Waals surface area (Å²) in [6.45, 7) is 5.94. The molecule has 3 aliphatic rings. The van der Waals surface area contributed by atoms with E-state index < -0.39 is 13.7 Å².